The highest BCUT2D eigenvalue weighted by atomic mass is 14.6. The molecule has 0 bridgehead atoms. The molecule has 7 atom stereocenters. The van der Waals surface area contributed by atoms with Crippen LogP contribution in [0.25, 0.3) is 0 Å². The number of hydrogen-bond donors (Lipinski definition) is 0. The summed E-state index contributed by atoms with van der Waals surface area (Å²) in [7, 11) is 0. The third kappa shape index (κ3) is 1.95. The lowest BCUT2D eigenvalue weighted by molar-refractivity contribution is -0.0808. The zero-order valence-electron chi connectivity index (χ0n) is 14.7. The van der Waals surface area contributed by atoms with E-state index in [2.05, 4.69) is 39.8 Å². The first kappa shape index (κ1) is 14.8. The van der Waals surface area contributed by atoms with Gasteiger partial charge in [0.05, 0.1) is 11.5 Å². The summed E-state index contributed by atoms with van der Waals surface area (Å²) in [5.41, 5.74) is 2.12. The predicted octanol–water partition coefficient (Wildman–Crippen LogP) is 5.58. The highest BCUT2D eigenvalue weighted by molar-refractivity contribution is 5.26. The van der Waals surface area contributed by atoms with Gasteiger partial charge in [0, 0.05) is 0 Å². The molecule has 0 aromatic rings. The zero-order chi connectivity index (χ0) is 15.7. The Bertz CT molecular complexity index is 551. The smallest absolute Gasteiger partial charge is 0.0689 e. The van der Waals surface area contributed by atoms with Gasteiger partial charge in [-0.05, 0) is 86.4 Å². The van der Waals surface area contributed by atoms with Crippen molar-refractivity contribution in [1.29, 1.82) is 5.26 Å². The topological polar surface area (TPSA) is 23.8 Å². The molecule has 120 valence electrons. The maximum absolute atomic E-state index is 9.84. The number of hydrogen-bond acceptors (Lipinski definition) is 1. The Kier molecular flexibility index (Phi) is 3.11. The first-order chi connectivity index (χ1) is 10.3. The van der Waals surface area contributed by atoms with Gasteiger partial charge in [0.25, 0.3) is 0 Å². The average Bonchev–Trinajstić information content (AvgIpc) is 2.45. The summed E-state index contributed by atoms with van der Waals surface area (Å²) in [6.45, 7) is 9.63. The van der Waals surface area contributed by atoms with Gasteiger partial charge in [-0.25, -0.2) is 0 Å². The van der Waals surface area contributed by atoms with E-state index in [0.717, 1.165) is 36.0 Å². The van der Waals surface area contributed by atoms with Crippen LogP contribution in [0.4, 0.5) is 0 Å². The minimum Gasteiger partial charge on any atom is -0.198 e. The van der Waals surface area contributed by atoms with Crippen molar-refractivity contribution in [3.63, 3.8) is 0 Å². The highest BCUT2D eigenvalue weighted by Gasteiger charge is 2.58. The summed E-state index contributed by atoms with van der Waals surface area (Å²) in [6, 6.07) is 2.75. The van der Waals surface area contributed by atoms with Gasteiger partial charge in [-0.15, -0.1) is 0 Å². The maximum atomic E-state index is 9.84. The number of nitrogens with zero attached hydrogens (tertiary/aromatic N) is 1. The Morgan fingerprint density at radius 2 is 2.00 bits per heavy atom. The fourth-order valence-corrected chi connectivity index (χ4v) is 7.17. The van der Waals surface area contributed by atoms with Crippen LogP contribution in [0.15, 0.2) is 11.6 Å². The summed E-state index contributed by atoms with van der Waals surface area (Å²) in [4.78, 5) is 0. The van der Waals surface area contributed by atoms with Gasteiger partial charge in [0.1, 0.15) is 0 Å². The van der Waals surface area contributed by atoms with E-state index in [9.17, 15) is 5.26 Å². The van der Waals surface area contributed by atoms with Gasteiger partial charge in [0.2, 0.25) is 0 Å². The van der Waals surface area contributed by atoms with Gasteiger partial charge >= 0.3 is 0 Å². The van der Waals surface area contributed by atoms with Gasteiger partial charge in [0.15, 0.2) is 0 Å². The number of allylic oxidation sites excluding steroid dienone is 2. The van der Waals surface area contributed by atoms with Crippen LogP contribution in [0.2, 0.25) is 0 Å². The summed E-state index contributed by atoms with van der Waals surface area (Å²) in [6.07, 6.45) is 10.4. The second kappa shape index (κ2) is 4.62. The van der Waals surface area contributed by atoms with Gasteiger partial charge in [-0.1, -0.05) is 32.4 Å². The second-order valence-electron chi connectivity index (χ2n) is 9.87. The zero-order valence-corrected chi connectivity index (χ0v) is 14.7. The maximum Gasteiger partial charge on any atom is 0.0689 e. The van der Waals surface area contributed by atoms with Crippen LogP contribution in [0, 0.1) is 57.7 Å². The fourth-order valence-electron chi connectivity index (χ4n) is 7.17. The van der Waals surface area contributed by atoms with Crippen LogP contribution in [0.1, 0.15) is 66.2 Å². The van der Waals surface area contributed by atoms with Gasteiger partial charge in [-0.2, -0.15) is 5.26 Å². The lowest BCUT2D eigenvalue weighted by Gasteiger charge is -2.61. The van der Waals surface area contributed by atoms with Crippen LogP contribution in [-0.2, 0) is 0 Å². The molecular formula is C21H31N. The normalized spacial score (nSPS) is 52.2. The molecule has 0 aromatic carbocycles. The molecule has 0 aliphatic heterocycles. The van der Waals surface area contributed by atoms with E-state index in [1.807, 2.05) is 0 Å². The minimum absolute atomic E-state index is 0.0543. The summed E-state index contributed by atoms with van der Waals surface area (Å²) >= 11 is 0. The van der Waals surface area contributed by atoms with E-state index in [4.69, 9.17) is 0 Å². The molecule has 4 aliphatic carbocycles. The molecule has 22 heavy (non-hydrogen) atoms. The number of rotatable bonds is 0. The average molecular weight is 297 g/mol. The second-order valence-corrected chi connectivity index (χ2v) is 9.87. The van der Waals surface area contributed by atoms with Crippen LogP contribution in [0.5, 0.6) is 0 Å². The molecule has 0 heterocycles. The molecule has 1 nitrogen and oxygen atoms in total. The van der Waals surface area contributed by atoms with Crippen LogP contribution >= 0.6 is 0 Å². The third-order valence-corrected chi connectivity index (χ3v) is 7.89. The first-order valence-electron chi connectivity index (χ1n) is 9.47. The monoisotopic (exact) mass is 297 g/mol. The Morgan fingerprint density at radius 3 is 2.73 bits per heavy atom. The molecule has 0 amide bonds. The minimum atomic E-state index is -0.0543. The fraction of sp³-hybridized carbons (Fsp3) is 0.857. The third-order valence-electron chi connectivity index (χ3n) is 7.89. The van der Waals surface area contributed by atoms with E-state index in [0.29, 0.717) is 11.3 Å². The quantitative estimate of drug-likeness (QED) is 0.535. The van der Waals surface area contributed by atoms with Crippen molar-refractivity contribution in [3.8, 4) is 6.07 Å². The van der Waals surface area contributed by atoms with Crippen LogP contribution in [0.3, 0.4) is 0 Å². The molecule has 0 saturated heterocycles. The lowest BCUT2D eigenvalue weighted by atomic mass is 9.43. The molecule has 4 rings (SSSR count). The summed E-state index contributed by atoms with van der Waals surface area (Å²) in [5.74, 6) is 4.92. The summed E-state index contributed by atoms with van der Waals surface area (Å²) < 4.78 is 0. The van der Waals surface area contributed by atoms with Crippen molar-refractivity contribution in [2.75, 3.05) is 0 Å². The van der Waals surface area contributed by atoms with E-state index < -0.39 is 0 Å². The Balaban J connectivity index is 1.79. The van der Waals surface area contributed by atoms with E-state index in [1.165, 1.54) is 32.1 Å². The molecule has 0 aromatic heterocycles. The Morgan fingerprint density at radius 1 is 1.23 bits per heavy atom. The Labute approximate surface area is 136 Å². The highest BCUT2D eigenvalue weighted by Crippen LogP contribution is 2.65. The molecule has 7 unspecified atom stereocenters. The van der Waals surface area contributed by atoms with Gasteiger partial charge in [-0.3, -0.25) is 0 Å². The van der Waals surface area contributed by atoms with Crippen molar-refractivity contribution >= 4 is 0 Å². The Hall–Kier alpha value is -0.770. The predicted molar refractivity (Wildman–Crippen MR) is 89.9 cm³/mol. The van der Waals surface area contributed by atoms with Crippen LogP contribution in [-0.4, -0.2) is 0 Å². The molecule has 3 fully saturated rings. The van der Waals surface area contributed by atoms with E-state index >= 15 is 0 Å². The molecular weight excluding hydrogens is 266 g/mol. The number of nitriles is 1. The van der Waals surface area contributed by atoms with Crippen molar-refractivity contribution in [1.82, 2.24) is 0 Å². The van der Waals surface area contributed by atoms with Crippen molar-refractivity contribution in [2.24, 2.45) is 46.3 Å². The van der Waals surface area contributed by atoms with E-state index in [-0.39, 0.29) is 5.41 Å². The molecule has 4 aliphatic rings. The standard InChI is InChI=1S/C21H31N/c1-13-9-15-11-20(2,3)10-14-5-6-17-19(18(14)15)16(13)7-8-21(17,4)12-22/h10,13,15-19H,5-9,11H2,1-4H3. The van der Waals surface area contributed by atoms with Gasteiger partial charge < -0.3 is 0 Å². The molecule has 1 heteroatoms. The van der Waals surface area contributed by atoms with Crippen molar-refractivity contribution in [2.45, 2.75) is 66.2 Å². The van der Waals surface area contributed by atoms with Crippen LogP contribution < -0.4 is 0 Å². The molecule has 0 radical (unpaired) electrons. The van der Waals surface area contributed by atoms with Crippen molar-refractivity contribution < 1.29 is 0 Å². The van der Waals surface area contributed by atoms with Crippen molar-refractivity contribution in [3.05, 3.63) is 11.6 Å². The molecule has 0 spiro atoms. The molecule has 3 saturated carbocycles. The largest absolute Gasteiger partial charge is 0.198 e. The van der Waals surface area contributed by atoms with E-state index in [1.54, 1.807) is 5.57 Å². The first-order valence-corrected chi connectivity index (χ1v) is 9.47. The molecule has 0 N–H and O–H groups in total. The summed E-state index contributed by atoms with van der Waals surface area (Å²) in [5, 5.41) is 9.84. The SMILES string of the molecule is CC1CC2CC(C)(C)C=C3CCC4C(C1CCC4(C)C#N)C32. The lowest BCUT2D eigenvalue weighted by Crippen LogP contribution is -2.54.